The van der Waals surface area contributed by atoms with Gasteiger partial charge < -0.3 is 13.9 Å². The molecule has 40 heavy (non-hydrogen) atoms. The van der Waals surface area contributed by atoms with E-state index >= 15 is 0 Å². The molecule has 0 saturated carbocycles. The van der Waals surface area contributed by atoms with Gasteiger partial charge in [-0.05, 0) is 82.8 Å². The average Bonchev–Trinajstić information content (AvgIpc) is 3.41. The molecule has 4 aromatic carbocycles. The number of nitrogens with zero attached hydrogens (tertiary/aromatic N) is 3. The molecule has 198 valence electrons. The second kappa shape index (κ2) is 11.1. The van der Waals surface area contributed by atoms with Gasteiger partial charge in [0, 0.05) is 10.6 Å². The van der Waals surface area contributed by atoms with Crippen molar-refractivity contribution in [3.63, 3.8) is 0 Å². The zero-order chi connectivity index (χ0) is 27.6. The van der Waals surface area contributed by atoms with Gasteiger partial charge in [0.05, 0.1) is 33.2 Å². The summed E-state index contributed by atoms with van der Waals surface area (Å²) < 4.78 is 19.7. The Kier molecular flexibility index (Phi) is 7.27. The number of benzene rings is 4. The number of rotatable bonds is 7. The van der Waals surface area contributed by atoms with Crippen molar-refractivity contribution in [1.29, 1.82) is 0 Å². The molecule has 0 bridgehead atoms. The maximum Gasteiger partial charge on any atom is 0.282 e. The van der Waals surface area contributed by atoms with Gasteiger partial charge in [-0.15, -0.1) is 0 Å². The maximum absolute atomic E-state index is 13.6. The molecule has 7 nitrogen and oxygen atoms in total. The van der Waals surface area contributed by atoms with E-state index in [1.807, 2.05) is 72.8 Å². The van der Waals surface area contributed by atoms with Crippen molar-refractivity contribution in [2.24, 2.45) is 5.10 Å². The Hall–Kier alpha value is -4.15. The molecule has 0 atom stereocenters. The lowest BCUT2D eigenvalue weighted by molar-refractivity contribution is 0.304. The standard InChI is InChI=1S/C31H21ClIN3O4/c1-38-26-11-6-12-27-22(26)16-29(40-27)30-35-25-10-5-3-8-21(25)31(37)36(30)34-17-19-13-14-28(24(33)15-19)39-18-20-7-2-4-9-23(20)32/h2-17H,18H2,1H3. The Labute approximate surface area is 247 Å². The fourth-order valence-electron chi connectivity index (χ4n) is 4.32. The zero-order valence-electron chi connectivity index (χ0n) is 21.2. The van der Waals surface area contributed by atoms with Crippen LogP contribution < -0.4 is 15.0 Å². The predicted molar refractivity (Wildman–Crippen MR) is 166 cm³/mol. The van der Waals surface area contributed by atoms with Crippen LogP contribution in [0.3, 0.4) is 0 Å². The molecule has 2 heterocycles. The number of hydrogen-bond acceptors (Lipinski definition) is 6. The first kappa shape index (κ1) is 26.1. The van der Waals surface area contributed by atoms with Gasteiger partial charge in [-0.3, -0.25) is 4.79 Å². The van der Waals surface area contributed by atoms with Crippen molar-refractivity contribution >= 4 is 62.3 Å². The fraction of sp³-hybridized carbons (Fsp3) is 0.0645. The number of methoxy groups -OCH3 is 1. The number of ether oxygens (including phenoxy) is 2. The molecule has 6 rings (SSSR count). The Morgan fingerprint density at radius 3 is 2.62 bits per heavy atom. The molecule has 0 unspecified atom stereocenters. The van der Waals surface area contributed by atoms with Gasteiger partial charge in [0.2, 0.25) is 5.82 Å². The Morgan fingerprint density at radius 2 is 1.80 bits per heavy atom. The van der Waals surface area contributed by atoms with Crippen LogP contribution in [-0.2, 0) is 6.61 Å². The average molecular weight is 662 g/mol. The van der Waals surface area contributed by atoms with Crippen molar-refractivity contribution in [3.8, 4) is 23.1 Å². The van der Waals surface area contributed by atoms with Crippen LogP contribution in [0.1, 0.15) is 11.1 Å². The second-order valence-corrected chi connectivity index (χ2v) is 10.4. The fourth-order valence-corrected chi connectivity index (χ4v) is 5.21. The van der Waals surface area contributed by atoms with Gasteiger partial charge in [-0.2, -0.15) is 9.78 Å². The number of furan rings is 1. The minimum atomic E-state index is -0.307. The maximum atomic E-state index is 13.6. The molecule has 0 saturated heterocycles. The Balaban J connectivity index is 1.37. The number of para-hydroxylation sites is 1. The monoisotopic (exact) mass is 661 g/mol. The van der Waals surface area contributed by atoms with E-state index in [9.17, 15) is 4.79 Å². The predicted octanol–water partition coefficient (Wildman–Crippen LogP) is 7.54. The molecule has 0 radical (unpaired) electrons. The third kappa shape index (κ3) is 5.07. The van der Waals surface area contributed by atoms with Crippen LogP contribution in [0.15, 0.2) is 105 Å². The van der Waals surface area contributed by atoms with Crippen LogP contribution in [0.4, 0.5) is 0 Å². The van der Waals surface area contributed by atoms with Crippen molar-refractivity contribution in [2.45, 2.75) is 6.61 Å². The normalized spacial score (nSPS) is 11.5. The zero-order valence-corrected chi connectivity index (χ0v) is 24.1. The van der Waals surface area contributed by atoms with Gasteiger partial charge in [0.1, 0.15) is 23.7 Å². The highest BCUT2D eigenvalue weighted by Crippen LogP contribution is 2.33. The second-order valence-electron chi connectivity index (χ2n) is 8.87. The molecular formula is C31H21ClIN3O4. The Bertz CT molecular complexity index is 1960. The smallest absolute Gasteiger partial charge is 0.282 e. The van der Waals surface area contributed by atoms with Crippen molar-refractivity contribution in [1.82, 2.24) is 9.66 Å². The summed E-state index contributed by atoms with van der Waals surface area (Å²) >= 11 is 8.47. The summed E-state index contributed by atoms with van der Waals surface area (Å²) in [5, 5.41) is 6.45. The summed E-state index contributed by atoms with van der Waals surface area (Å²) in [4.78, 5) is 18.3. The topological polar surface area (TPSA) is 78.9 Å². The molecule has 9 heteroatoms. The van der Waals surface area contributed by atoms with E-state index in [0.717, 1.165) is 25.8 Å². The first-order valence-corrected chi connectivity index (χ1v) is 13.8. The third-order valence-corrected chi connectivity index (χ3v) is 7.55. The number of aromatic nitrogens is 2. The molecular weight excluding hydrogens is 641 g/mol. The highest BCUT2D eigenvalue weighted by atomic mass is 127. The molecule has 0 fully saturated rings. The third-order valence-electron chi connectivity index (χ3n) is 6.33. The minimum Gasteiger partial charge on any atom is -0.496 e. The molecule has 0 spiro atoms. The first-order valence-electron chi connectivity index (χ1n) is 12.3. The quantitative estimate of drug-likeness (QED) is 0.131. The van der Waals surface area contributed by atoms with Crippen LogP contribution in [0, 0.1) is 3.57 Å². The molecule has 0 amide bonds. The summed E-state index contributed by atoms with van der Waals surface area (Å²) in [5.41, 5.74) is 2.56. The lowest BCUT2D eigenvalue weighted by atomic mass is 10.2. The van der Waals surface area contributed by atoms with Gasteiger partial charge in [0.15, 0.2) is 5.76 Å². The van der Waals surface area contributed by atoms with Crippen LogP contribution in [0.25, 0.3) is 33.5 Å². The van der Waals surface area contributed by atoms with E-state index in [2.05, 4.69) is 27.7 Å². The Morgan fingerprint density at radius 1 is 0.975 bits per heavy atom. The largest absolute Gasteiger partial charge is 0.496 e. The number of halogens is 2. The van der Waals surface area contributed by atoms with E-state index in [4.69, 9.17) is 30.5 Å². The summed E-state index contributed by atoms with van der Waals surface area (Å²) in [5.74, 6) is 2.07. The molecule has 0 aliphatic rings. The van der Waals surface area contributed by atoms with Gasteiger partial charge in [-0.1, -0.05) is 48.0 Å². The van der Waals surface area contributed by atoms with Gasteiger partial charge in [0.25, 0.3) is 5.56 Å². The van der Waals surface area contributed by atoms with Gasteiger partial charge >= 0.3 is 0 Å². The highest BCUT2D eigenvalue weighted by molar-refractivity contribution is 14.1. The SMILES string of the molecule is COc1cccc2oc(-c3nc4ccccc4c(=O)n3N=Cc3ccc(OCc4ccccc4Cl)c(I)c3)cc12. The first-order chi connectivity index (χ1) is 19.5. The molecule has 2 aromatic heterocycles. The molecule has 0 aliphatic heterocycles. The van der Waals surface area contributed by atoms with Crippen molar-refractivity contribution in [3.05, 3.63) is 121 Å². The summed E-state index contributed by atoms with van der Waals surface area (Å²) in [6, 6.07) is 27.8. The molecule has 6 aromatic rings. The summed E-state index contributed by atoms with van der Waals surface area (Å²) in [6.07, 6.45) is 1.62. The van der Waals surface area contributed by atoms with E-state index < -0.39 is 0 Å². The minimum absolute atomic E-state index is 0.285. The number of fused-ring (bicyclic) bond motifs is 2. The molecule has 0 N–H and O–H groups in total. The van der Waals surface area contributed by atoms with E-state index in [1.165, 1.54) is 4.68 Å². The van der Waals surface area contributed by atoms with Crippen molar-refractivity contribution in [2.75, 3.05) is 7.11 Å². The lowest BCUT2D eigenvalue weighted by Gasteiger charge is -2.10. The van der Waals surface area contributed by atoms with Crippen LogP contribution in [-0.4, -0.2) is 23.0 Å². The molecule has 0 aliphatic carbocycles. The van der Waals surface area contributed by atoms with E-state index in [0.29, 0.717) is 39.6 Å². The summed E-state index contributed by atoms with van der Waals surface area (Å²) in [6.45, 7) is 0.354. The van der Waals surface area contributed by atoms with Crippen molar-refractivity contribution < 1.29 is 13.9 Å². The van der Waals surface area contributed by atoms with Crippen LogP contribution >= 0.6 is 34.2 Å². The highest BCUT2D eigenvalue weighted by Gasteiger charge is 2.18. The summed E-state index contributed by atoms with van der Waals surface area (Å²) in [7, 11) is 1.60. The van der Waals surface area contributed by atoms with Crippen LogP contribution in [0.2, 0.25) is 5.02 Å². The number of hydrogen-bond donors (Lipinski definition) is 0. The van der Waals surface area contributed by atoms with E-state index in [-0.39, 0.29) is 11.4 Å². The van der Waals surface area contributed by atoms with Crippen LogP contribution in [0.5, 0.6) is 11.5 Å². The van der Waals surface area contributed by atoms with Gasteiger partial charge in [-0.25, -0.2) is 4.98 Å². The van der Waals surface area contributed by atoms with E-state index in [1.54, 1.807) is 31.5 Å². The lowest BCUT2D eigenvalue weighted by Crippen LogP contribution is -2.20.